The number of carbonyl (C=O) groups excluding carboxylic acids is 2. The van der Waals surface area contributed by atoms with Gasteiger partial charge in [0.15, 0.2) is 0 Å². The minimum Gasteiger partial charge on any atom is -0.495 e. The van der Waals surface area contributed by atoms with Crippen LogP contribution in [0.3, 0.4) is 0 Å². The van der Waals surface area contributed by atoms with Crippen LogP contribution in [-0.4, -0.2) is 23.9 Å². The summed E-state index contributed by atoms with van der Waals surface area (Å²) in [5.74, 6) is 0.0202. The normalized spacial score (nSPS) is 14.5. The van der Waals surface area contributed by atoms with Crippen molar-refractivity contribution in [1.29, 1.82) is 0 Å². The number of nitrogens with one attached hydrogen (secondary N) is 2. The van der Waals surface area contributed by atoms with Crippen LogP contribution in [0.1, 0.15) is 18.4 Å². The highest BCUT2D eigenvalue weighted by atomic mass is 16.5. The first-order valence-corrected chi connectivity index (χ1v) is 7.77. The molecule has 1 saturated carbocycles. The molecule has 3 rings (SSSR count). The largest absolute Gasteiger partial charge is 0.495 e. The predicted molar refractivity (Wildman–Crippen MR) is 89.4 cm³/mol. The van der Waals surface area contributed by atoms with E-state index < -0.39 is 5.41 Å². The zero-order valence-corrected chi connectivity index (χ0v) is 13.4. The predicted octanol–water partition coefficient (Wildman–Crippen LogP) is 2.13. The van der Waals surface area contributed by atoms with Crippen LogP contribution in [0.4, 0.5) is 5.69 Å². The van der Waals surface area contributed by atoms with Gasteiger partial charge in [0.2, 0.25) is 11.8 Å². The van der Waals surface area contributed by atoms with Gasteiger partial charge in [0.25, 0.3) is 0 Å². The van der Waals surface area contributed by atoms with E-state index in [4.69, 9.17) is 4.74 Å². The van der Waals surface area contributed by atoms with Crippen LogP contribution in [-0.2, 0) is 16.1 Å². The highest BCUT2D eigenvalue weighted by Gasteiger charge is 2.56. The summed E-state index contributed by atoms with van der Waals surface area (Å²) in [6.45, 7) is 0.358. The molecule has 0 atom stereocenters. The van der Waals surface area contributed by atoms with Gasteiger partial charge in [-0.15, -0.1) is 0 Å². The van der Waals surface area contributed by atoms with Crippen LogP contribution in [0.5, 0.6) is 5.75 Å². The molecule has 2 amide bonds. The van der Waals surface area contributed by atoms with Crippen LogP contribution in [0.2, 0.25) is 0 Å². The molecule has 1 aliphatic rings. The standard InChI is InChI=1S/C18H19N3O3/c1-24-15-7-3-2-6-14(15)21-17(23)18(8-9-18)16(22)20-12-13-5-4-10-19-11-13/h2-7,10-11H,8-9,12H2,1H3,(H,20,22)(H,21,23). The number of para-hydroxylation sites is 2. The Balaban J connectivity index is 1.64. The number of carbonyl (C=O) groups is 2. The molecule has 0 bridgehead atoms. The number of anilines is 1. The number of ether oxygens (including phenoxy) is 1. The van der Waals surface area contributed by atoms with Crippen molar-refractivity contribution in [2.24, 2.45) is 5.41 Å². The summed E-state index contributed by atoms with van der Waals surface area (Å²) in [6.07, 6.45) is 4.46. The number of hydrogen-bond donors (Lipinski definition) is 2. The van der Waals surface area contributed by atoms with Gasteiger partial charge in [-0.25, -0.2) is 0 Å². The van der Waals surface area contributed by atoms with Gasteiger partial charge in [0, 0.05) is 18.9 Å². The fourth-order valence-corrected chi connectivity index (χ4v) is 2.53. The lowest BCUT2D eigenvalue weighted by molar-refractivity contribution is -0.134. The Morgan fingerprint density at radius 3 is 2.62 bits per heavy atom. The Hall–Kier alpha value is -2.89. The first kappa shape index (κ1) is 16.0. The van der Waals surface area contributed by atoms with E-state index in [1.807, 2.05) is 18.2 Å². The summed E-state index contributed by atoms with van der Waals surface area (Å²) in [4.78, 5) is 29.0. The van der Waals surface area contributed by atoms with Gasteiger partial charge in [-0.1, -0.05) is 18.2 Å². The van der Waals surface area contributed by atoms with Crippen LogP contribution >= 0.6 is 0 Å². The van der Waals surface area contributed by atoms with Crippen molar-refractivity contribution >= 4 is 17.5 Å². The van der Waals surface area contributed by atoms with E-state index in [0.717, 1.165) is 5.56 Å². The molecule has 2 N–H and O–H groups in total. The van der Waals surface area contributed by atoms with Gasteiger partial charge >= 0.3 is 0 Å². The SMILES string of the molecule is COc1ccccc1NC(=O)C1(C(=O)NCc2cccnc2)CC1. The quantitative estimate of drug-likeness (QED) is 0.797. The monoisotopic (exact) mass is 325 g/mol. The molecule has 1 aromatic carbocycles. The zero-order valence-electron chi connectivity index (χ0n) is 13.4. The molecule has 6 nitrogen and oxygen atoms in total. The van der Waals surface area contributed by atoms with E-state index in [-0.39, 0.29) is 11.8 Å². The lowest BCUT2D eigenvalue weighted by atomic mass is 10.0. The van der Waals surface area contributed by atoms with Gasteiger partial charge < -0.3 is 15.4 Å². The topological polar surface area (TPSA) is 80.3 Å². The molecular formula is C18H19N3O3. The third-order valence-corrected chi connectivity index (χ3v) is 4.15. The number of pyridine rings is 1. The third kappa shape index (κ3) is 3.22. The average molecular weight is 325 g/mol. The fourth-order valence-electron chi connectivity index (χ4n) is 2.53. The van der Waals surface area contributed by atoms with E-state index in [1.54, 1.807) is 37.7 Å². The summed E-state index contributed by atoms with van der Waals surface area (Å²) >= 11 is 0. The first-order valence-electron chi connectivity index (χ1n) is 7.77. The second-order valence-electron chi connectivity index (χ2n) is 5.78. The smallest absolute Gasteiger partial charge is 0.240 e. The molecule has 1 aliphatic carbocycles. The van der Waals surface area contributed by atoms with Crippen molar-refractivity contribution < 1.29 is 14.3 Å². The van der Waals surface area contributed by atoms with Crippen LogP contribution < -0.4 is 15.4 Å². The number of benzene rings is 1. The van der Waals surface area contributed by atoms with Gasteiger partial charge in [-0.05, 0) is 36.6 Å². The molecule has 24 heavy (non-hydrogen) atoms. The van der Waals surface area contributed by atoms with E-state index >= 15 is 0 Å². The number of amides is 2. The highest BCUT2D eigenvalue weighted by Crippen LogP contribution is 2.47. The van der Waals surface area contributed by atoms with Gasteiger partial charge in [-0.2, -0.15) is 0 Å². The second kappa shape index (κ2) is 6.70. The summed E-state index contributed by atoms with van der Waals surface area (Å²) in [6, 6.07) is 10.8. The summed E-state index contributed by atoms with van der Waals surface area (Å²) in [5.41, 5.74) is 0.478. The first-order chi connectivity index (χ1) is 11.7. The summed E-state index contributed by atoms with van der Waals surface area (Å²) in [5, 5.41) is 5.63. The lowest BCUT2D eigenvalue weighted by Crippen LogP contribution is -2.39. The van der Waals surface area contributed by atoms with E-state index in [2.05, 4.69) is 15.6 Å². The molecule has 6 heteroatoms. The van der Waals surface area contributed by atoms with Gasteiger partial charge in [0.1, 0.15) is 11.2 Å². The number of nitrogens with zero attached hydrogens (tertiary/aromatic N) is 1. The van der Waals surface area contributed by atoms with E-state index in [1.165, 1.54) is 0 Å². The number of rotatable bonds is 6. The Labute approximate surface area is 140 Å². The molecule has 1 fully saturated rings. The minimum atomic E-state index is -0.983. The average Bonchev–Trinajstić information content (AvgIpc) is 3.43. The van der Waals surface area contributed by atoms with E-state index in [0.29, 0.717) is 30.8 Å². The second-order valence-corrected chi connectivity index (χ2v) is 5.78. The third-order valence-electron chi connectivity index (χ3n) is 4.15. The molecule has 0 aliphatic heterocycles. The van der Waals surface area contributed by atoms with Crippen molar-refractivity contribution in [2.45, 2.75) is 19.4 Å². The summed E-state index contributed by atoms with van der Waals surface area (Å²) < 4.78 is 5.22. The maximum Gasteiger partial charge on any atom is 0.240 e. The van der Waals surface area contributed by atoms with Crippen molar-refractivity contribution in [3.8, 4) is 5.75 Å². The van der Waals surface area contributed by atoms with Crippen LogP contribution in [0.15, 0.2) is 48.8 Å². The number of aromatic nitrogens is 1. The maximum absolute atomic E-state index is 12.6. The van der Waals surface area contributed by atoms with Crippen LogP contribution in [0, 0.1) is 5.41 Å². The Morgan fingerprint density at radius 2 is 1.96 bits per heavy atom. The molecular weight excluding hydrogens is 306 g/mol. The van der Waals surface area contributed by atoms with Crippen molar-refractivity contribution in [1.82, 2.24) is 10.3 Å². The molecule has 124 valence electrons. The molecule has 1 aromatic heterocycles. The Morgan fingerprint density at radius 1 is 1.17 bits per heavy atom. The van der Waals surface area contributed by atoms with Crippen molar-refractivity contribution in [3.63, 3.8) is 0 Å². The van der Waals surface area contributed by atoms with E-state index in [9.17, 15) is 9.59 Å². The van der Waals surface area contributed by atoms with Crippen LogP contribution in [0.25, 0.3) is 0 Å². The zero-order chi connectivity index (χ0) is 17.0. The molecule has 2 aromatic rings. The van der Waals surface area contributed by atoms with Gasteiger partial charge in [-0.3, -0.25) is 14.6 Å². The lowest BCUT2D eigenvalue weighted by Gasteiger charge is -2.16. The van der Waals surface area contributed by atoms with Crippen molar-refractivity contribution in [2.75, 3.05) is 12.4 Å². The molecule has 0 unspecified atom stereocenters. The number of hydrogen-bond acceptors (Lipinski definition) is 4. The van der Waals surface area contributed by atoms with Gasteiger partial charge in [0.05, 0.1) is 12.8 Å². The molecule has 1 heterocycles. The van der Waals surface area contributed by atoms with Crippen molar-refractivity contribution in [3.05, 3.63) is 54.4 Å². The number of methoxy groups -OCH3 is 1. The maximum atomic E-state index is 12.6. The molecule has 0 spiro atoms. The Kier molecular flexibility index (Phi) is 4.46. The minimum absolute atomic E-state index is 0.251. The Bertz CT molecular complexity index is 742. The fraction of sp³-hybridized carbons (Fsp3) is 0.278. The molecule has 0 radical (unpaired) electrons. The molecule has 0 saturated heterocycles. The highest BCUT2D eigenvalue weighted by molar-refractivity contribution is 6.13. The summed E-state index contributed by atoms with van der Waals surface area (Å²) in [7, 11) is 1.54.